The molecule has 0 amide bonds. The molecule has 82 valence electrons. The Balaban J connectivity index is 1.78. The summed E-state index contributed by atoms with van der Waals surface area (Å²) in [6.45, 7) is 0.960. The van der Waals surface area contributed by atoms with Crippen LogP contribution in [0.25, 0.3) is 0 Å². The summed E-state index contributed by atoms with van der Waals surface area (Å²) < 4.78 is 0. The zero-order valence-electron chi connectivity index (χ0n) is 8.69. The van der Waals surface area contributed by atoms with Crippen molar-refractivity contribution in [3.05, 3.63) is 18.6 Å². The SMILES string of the molecule is ClC1CCCC(CNc2cnccn2)C1. The van der Waals surface area contributed by atoms with Crippen LogP contribution < -0.4 is 5.32 Å². The van der Waals surface area contributed by atoms with Crippen molar-refractivity contribution in [1.29, 1.82) is 0 Å². The minimum absolute atomic E-state index is 0.368. The predicted octanol–water partition coefficient (Wildman–Crippen LogP) is 2.69. The van der Waals surface area contributed by atoms with Crippen LogP contribution in [0.1, 0.15) is 25.7 Å². The molecule has 0 bridgehead atoms. The number of hydrogen-bond acceptors (Lipinski definition) is 3. The molecule has 2 rings (SSSR count). The molecule has 0 aromatic carbocycles. The van der Waals surface area contributed by atoms with Gasteiger partial charge >= 0.3 is 0 Å². The Kier molecular flexibility index (Phi) is 3.78. The van der Waals surface area contributed by atoms with Gasteiger partial charge in [-0.15, -0.1) is 11.6 Å². The van der Waals surface area contributed by atoms with Crippen molar-refractivity contribution in [2.75, 3.05) is 11.9 Å². The van der Waals surface area contributed by atoms with E-state index in [4.69, 9.17) is 11.6 Å². The zero-order chi connectivity index (χ0) is 10.5. The number of nitrogens with zero attached hydrogens (tertiary/aromatic N) is 2. The van der Waals surface area contributed by atoms with Gasteiger partial charge in [-0.2, -0.15) is 0 Å². The average molecular weight is 226 g/mol. The second-order valence-corrected chi connectivity index (χ2v) is 4.72. The molecule has 2 atom stereocenters. The molecular formula is C11H16ClN3. The van der Waals surface area contributed by atoms with E-state index in [1.807, 2.05) is 0 Å². The summed E-state index contributed by atoms with van der Waals surface area (Å²) in [5.41, 5.74) is 0. The first kappa shape index (κ1) is 10.7. The van der Waals surface area contributed by atoms with E-state index in [0.29, 0.717) is 11.3 Å². The van der Waals surface area contributed by atoms with Crippen LogP contribution in [0.5, 0.6) is 0 Å². The number of nitrogens with one attached hydrogen (secondary N) is 1. The van der Waals surface area contributed by atoms with Gasteiger partial charge in [0.05, 0.1) is 6.20 Å². The Morgan fingerprint density at radius 2 is 2.33 bits per heavy atom. The molecule has 1 N–H and O–H groups in total. The summed E-state index contributed by atoms with van der Waals surface area (Å²) in [6.07, 6.45) is 9.95. The molecule has 3 nitrogen and oxygen atoms in total. The van der Waals surface area contributed by atoms with Gasteiger partial charge < -0.3 is 5.32 Å². The first-order valence-electron chi connectivity index (χ1n) is 5.48. The lowest BCUT2D eigenvalue weighted by Crippen LogP contribution is -2.22. The molecule has 1 aromatic heterocycles. The fraction of sp³-hybridized carbons (Fsp3) is 0.636. The van der Waals surface area contributed by atoms with Crippen LogP contribution in [0.2, 0.25) is 0 Å². The Morgan fingerprint density at radius 3 is 3.07 bits per heavy atom. The van der Waals surface area contributed by atoms with E-state index in [9.17, 15) is 0 Å². The van der Waals surface area contributed by atoms with Gasteiger partial charge in [0.1, 0.15) is 5.82 Å². The summed E-state index contributed by atoms with van der Waals surface area (Å²) >= 11 is 6.14. The van der Waals surface area contributed by atoms with Crippen molar-refractivity contribution >= 4 is 17.4 Å². The van der Waals surface area contributed by atoms with Crippen molar-refractivity contribution in [2.45, 2.75) is 31.1 Å². The Hall–Kier alpha value is -0.830. The smallest absolute Gasteiger partial charge is 0.144 e. The largest absolute Gasteiger partial charge is 0.369 e. The topological polar surface area (TPSA) is 37.8 Å². The van der Waals surface area contributed by atoms with E-state index in [2.05, 4.69) is 15.3 Å². The summed E-state index contributed by atoms with van der Waals surface area (Å²) in [6, 6.07) is 0. The highest BCUT2D eigenvalue weighted by Crippen LogP contribution is 2.27. The molecule has 1 heterocycles. The quantitative estimate of drug-likeness (QED) is 0.804. The number of rotatable bonds is 3. The average Bonchev–Trinajstić information content (AvgIpc) is 2.28. The molecule has 0 saturated heterocycles. The van der Waals surface area contributed by atoms with Crippen molar-refractivity contribution in [1.82, 2.24) is 9.97 Å². The van der Waals surface area contributed by atoms with Gasteiger partial charge in [-0.3, -0.25) is 4.98 Å². The first-order valence-corrected chi connectivity index (χ1v) is 5.92. The maximum Gasteiger partial charge on any atom is 0.144 e. The van der Waals surface area contributed by atoms with Crippen LogP contribution in [-0.2, 0) is 0 Å². The van der Waals surface area contributed by atoms with E-state index < -0.39 is 0 Å². The molecule has 15 heavy (non-hydrogen) atoms. The number of anilines is 1. The van der Waals surface area contributed by atoms with Crippen LogP contribution in [0.3, 0.4) is 0 Å². The maximum absolute atomic E-state index is 6.14. The number of alkyl halides is 1. The molecule has 1 aliphatic carbocycles. The van der Waals surface area contributed by atoms with Crippen LogP contribution in [0, 0.1) is 5.92 Å². The van der Waals surface area contributed by atoms with E-state index in [0.717, 1.165) is 18.8 Å². The van der Waals surface area contributed by atoms with Gasteiger partial charge in [0.15, 0.2) is 0 Å². The van der Waals surface area contributed by atoms with Gasteiger partial charge in [-0.1, -0.05) is 6.42 Å². The summed E-state index contributed by atoms with van der Waals surface area (Å²) in [4.78, 5) is 8.19. The lowest BCUT2D eigenvalue weighted by atomic mass is 9.89. The van der Waals surface area contributed by atoms with Crippen molar-refractivity contribution in [3.8, 4) is 0 Å². The van der Waals surface area contributed by atoms with Crippen LogP contribution in [0.15, 0.2) is 18.6 Å². The molecule has 1 saturated carbocycles. The van der Waals surface area contributed by atoms with Crippen LogP contribution >= 0.6 is 11.6 Å². The highest BCUT2D eigenvalue weighted by atomic mass is 35.5. The molecule has 0 radical (unpaired) electrons. The molecule has 1 fully saturated rings. The summed E-state index contributed by atoms with van der Waals surface area (Å²) in [5, 5.41) is 3.67. The monoisotopic (exact) mass is 225 g/mol. The van der Waals surface area contributed by atoms with E-state index in [1.165, 1.54) is 19.3 Å². The van der Waals surface area contributed by atoms with Gasteiger partial charge in [-0.25, -0.2) is 4.98 Å². The fourth-order valence-electron chi connectivity index (χ4n) is 2.05. The van der Waals surface area contributed by atoms with Crippen molar-refractivity contribution < 1.29 is 0 Å². The molecule has 1 aromatic rings. The minimum atomic E-state index is 0.368. The fourth-order valence-corrected chi connectivity index (χ4v) is 2.46. The van der Waals surface area contributed by atoms with Crippen LogP contribution in [0.4, 0.5) is 5.82 Å². The number of halogens is 1. The van der Waals surface area contributed by atoms with Crippen molar-refractivity contribution in [3.63, 3.8) is 0 Å². The first-order chi connectivity index (χ1) is 7.34. The highest BCUT2D eigenvalue weighted by Gasteiger charge is 2.19. The molecule has 0 aliphatic heterocycles. The van der Waals surface area contributed by atoms with Crippen LogP contribution in [-0.4, -0.2) is 21.9 Å². The molecule has 1 aliphatic rings. The standard InChI is InChI=1S/C11H16ClN3/c12-10-3-1-2-9(6-10)7-15-11-8-13-4-5-14-11/h4-5,8-10H,1-3,6-7H2,(H,14,15). The zero-order valence-corrected chi connectivity index (χ0v) is 9.45. The van der Waals surface area contributed by atoms with Gasteiger partial charge in [0.2, 0.25) is 0 Å². The second kappa shape index (κ2) is 5.31. The van der Waals surface area contributed by atoms with Gasteiger partial charge in [0, 0.05) is 24.3 Å². The van der Waals surface area contributed by atoms with Crippen molar-refractivity contribution in [2.24, 2.45) is 5.92 Å². The molecular weight excluding hydrogens is 210 g/mol. The third kappa shape index (κ3) is 3.34. The lowest BCUT2D eigenvalue weighted by Gasteiger charge is -2.25. The van der Waals surface area contributed by atoms with E-state index >= 15 is 0 Å². The molecule has 0 spiro atoms. The van der Waals surface area contributed by atoms with E-state index in [-0.39, 0.29) is 0 Å². The maximum atomic E-state index is 6.14. The van der Waals surface area contributed by atoms with E-state index in [1.54, 1.807) is 18.6 Å². The van der Waals surface area contributed by atoms with Gasteiger partial charge in [-0.05, 0) is 25.2 Å². The predicted molar refractivity (Wildman–Crippen MR) is 62.1 cm³/mol. The number of aromatic nitrogens is 2. The Labute approximate surface area is 95.3 Å². The number of hydrogen-bond donors (Lipinski definition) is 1. The highest BCUT2D eigenvalue weighted by molar-refractivity contribution is 6.20. The third-order valence-corrected chi connectivity index (χ3v) is 3.25. The lowest BCUT2D eigenvalue weighted by molar-refractivity contribution is 0.378. The van der Waals surface area contributed by atoms with Gasteiger partial charge in [0.25, 0.3) is 0 Å². The Bertz CT molecular complexity index is 291. The molecule has 2 unspecified atom stereocenters. The summed E-state index contributed by atoms with van der Waals surface area (Å²) in [5.74, 6) is 1.54. The second-order valence-electron chi connectivity index (χ2n) is 4.10. The normalized spacial score (nSPS) is 26.2. The summed E-state index contributed by atoms with van der Waals surface area (Å²) in [7, 11) is 0. The third-order valence-electron chi connectivity index (χ3n) is 2.85. The minimum Gasteiger partial charge on any atom is -0.369 e. The Morgan fingerprint density at radius 1 is 1.40 bits per heavy atom. The molecule has 4 heteroatoms.